The van der Waals surface area contributed by atoms with E-state index < -0.39 is 10.0 Å². The topological polar surface area (TPSA) is 69.3 Å². The first kappa shape index (κ1) is 20.2. The maximum absolute atomic E-state index is 13.4. The highest BCUT2D eigenvalue weighted by molar-refractivity contribution is 7.89. The minimum Gasteiger partial charge on any atom is -0.308 e. The van der Waals surface area contributed by atoms with Crippen LogP contribution in [0.2, 0.25) is 0 Å². The Bertz CT molecular complexity index is 988. The summed E-state index contributed by atoms with van der Waals surface area (Å²) in [4.78, 5) is 5.05. The molecule has 9 heteroatoms. The predicted molar refractivity (Wildman–Crippen MR) is 112 cm³/mol. The zero-order valence-corrected chi connectivity index (χ0v) is 18.3. The maximum Gasteiger partial charge on any atom is 0.244 e. The molecule has 0 atom stereocenters. The van der Waals surface area contributed by atoms with Gasteiger partial charge in [-0.1, -0.05) is 6.07 Å². The second kappa shape index (κ2) is 8.24. The van der Waals surface area contributed by atoms with Crippen molar-refractivity contribution in [2.75, 3.05) is 27.2 Å². The highest BCUT2D eigenvalue weighted by Gasteiger charge is 2.28. The van der Waals surface area contributed by atoms with E-state index in [1.807, 2.05) is 56.4 Å². The summed E-state index contributed by atoms with van der Waals surface area (Å²) in [7, 11) is 0.298. The Hall–Kier alpha value is -1.52. The predicted octanol–water partition coefficient (Wildman–Crippen LogP) is 3.57. The number of aromatic amines is 1. The maximum atomic E-state index is 13.4. The van der Waals surface area contributed by atoms with Gasteiger partial charge in [0.05, 0.1) is 9.77 Å². The highest BCUT2D eigenvalue weighted by Crippen LogP contribution is 2.34. The minimum absolute atomic E-state index is 0.374. The molecule has 3 rings (SSSR count). The fourth-order valence-corrected chi connectivity index (χ4v) is 6.43. The lowest BCUT2D eigenvalue weighted by Crippen LogP contribution is -2.36. The lowest BCUT2D eigenvalue weighted by molar-refractivity contribution is 0.330. The first-order chi connectivity index (χ1) is 12.8. The second-order valence-corrected chi connectivity index (χ2v) is 10.9. The van der Waals surface area contributed by atoms with E-state index in [4.69, 9.17) is 0 Å². The van der Waals surface area contributed by atoms with Crippen molar-refractivity contribution in [2.45, 2.75) is 25.3 Å². The standard InChI is InChI=1S/C18H24N4O2S3/c1-13-10-16(20-19-13)17-11-18(14(2)26-17)27(23,24)22(8-7-21(3)4)12-15-6-5-9-25-15/h5-6,9-11H,7-8,12H2,1-4H3,(H,19,20). The summed E-state index contributed by atoms with van der Waals surface area (Å²) < 4.78 is 28.4. The van der Waals surface area contributed by atoms with Gasteiger partial charge in [-0.25, -0.2) is 8.42 Å². The molecule has 0 aromatic carbocycles. The fraction of sp³-hybridized carbons (Fsp3) is 0.389. The summed E-state index contributed by atoms with van der Waals surface area (Å²) >= 11 is 3.04. The molecule has 0 aliphatic rings. The van der Waals surface area contributed by atoms with Crippen molar-refractivity contribution in [1.82, 2.24) is 19.4 Å². The number of nitrogens with zero attached hydrogens (tertiary/aromatic N) is 3. The third-order valence-corrected chi connectivity index (χ3v) is 8.19. The summed E-state index contributed by atoms with van der Waals surface area (Å²) in [6.45, 7) is 5.28. The Morgan fingerprint density at radius 3 is 2.56 bits per heavy atom. The van der Waals surface area contributed by atoms with Gasteiger partial charge in [-0.2, -0.15) is 9.40 Å². The Kier molecular flexibility index (Phi) is 6.17. The van der Waals surface area contributed by atoms with E-state index in [0.29, 0.717) is 24.5 Å². The SMILES string of the molecule is Cc1cc(-c2cc(S(=O)(=O)N(CCN(C)C)Cc3cccs3)c(C)s2)n[nH]1. The van der Waals surface area contributed by atoms with Crippen molar-refractivity contribution in [3.63, 3.8) is 0 Å². The van der Waals surface area contributed by atoms with Crippen LogP contribution in [0.3, 0.4) is 0 Å². The number of thiophene rings is 2. The molecule has 0 aliphatic carbocycles. The first-order valence-corrected chi connectivity index (χ1v) is 11.7. The number of nitrogens with one attached hydrogen (secondary N) is 1. The van der Waals surface area contributed by atoms with E-state index in [-0.39, 0.29) is 0 Å². The molecule has 0 bridgehead atoms. The van der Waals surface area contributed by atoms with Gasteiger partial charge in [0.25, 0.3) is 0 Å². The van der Waals surface area contributed by atoms with Gasteiger partial charge in [0, 0.05) is 35.1 Å². The van der Waals surface area contributed by atoms with Crippen molar-refractivity contribution >= 4 is 32.7 Å². The number of hydrogen-bond acceptors (Lipinski definition) is 6. The average Bonchev–Trinajstić information content (AvgIpc) is 3.32. The number of sulfonamides is 1. The van der Waals surface area contributed by atoms with Crippen LogP contribution in [0, 0.1) is 13.8 Å². The van der Waals surface area contributed by atoms with E-state index in [1.54, 1.807) is 21.7 Å². The molecule has 0 unspecified atom stereocenters. The number of H-pyrrole nitrogens is 1. The van der Waals surface area contributed by atoms with Crippen molar-refractivity contribution in [3.05, 3.63) is 45.1 Å². The van der Waals surface area contributed by atoms with Crippen LogP contribution >= 0.6 is 22.7 Å². The van der Waals surface area contributed by atoms with Gasteiger partial charge in [-0.15, -0.1) is 22.7 Å². The van der Waals surface area contributed by atoms with E-state index in [9.17, 15) is 8.42 Å². The normalized spacial score (nSPS) is 12.4. The van der Waals surface area contributed by atoms with Crippen LogP contribution in [0.4, 0.5) is 0 Å². The molecule has 0 saturated carbocycles. The third-order valence-electron chi connectivity index (χ3n) is 4.16. The highest BCUT2D eigenvalue weighted by atomic mass is 32.2. The molecule has 3 aromatic rings. The van der Waals surface area contributed by atoms with Crippen molar-refractivity contribution in [1.29, 1.82) is 0 Å². The zero-order chi connectivity index (χ0) is 19.6. The summed E-state index contributed by atoms with van der Waals surface area (Å²) in [5, 5.41) is 9.14. The molecule has 6 nitrogen and oxygen atoms in total. The largest absolute Gasteiger partial charge is 0.308 e. The van der Waals surface area contributed by atoms with E-state index in [0.717, 1.165) is 26.0 Å². The number of rotatable bonds is 8. The van der Waals surface area contributed by atoms with Crippen LogP contribution in [0.15, 0.2) is 34.5 Å². The molecule has 0 saturated heterocycles. The Morgan fingerprint density at radius 2 is 1.96 bits per heavy atom. The van der Waals surface area contributed by atoms with Gasteiger partial charge >= 0.3 is 0 Å². The molecule has 0 aliphatic heterocycles. The van der Waals surface area contributed by atoms with Crippen molar-refractivity contribution in [2.24, 2.45) is 0 Å². The number of hydrogen-bond donors (Lipinski definition) is 1. The summed E-state index contributed by atoms with van der Waals surface area (Å²) in [6, 6.07) is 7.60. The lowest BCUT2D eigenvalue weighted by Gasteiger charge is -2.23. The summed E-state index contributed by atoms with van der Waals surface area (Å²) in [5.41, 5.74) is 1.73. The minimum atomic E-state index is -3.60. The quantitative estimate of drug-likeness (QED) is 0.600. The molecule has 3 aromatic heterocycles. The fourth-order valence-electron chi connectivity index (χ4n) is 2.70. The molecule has 27 heavy (non-hydrogen) atoms. The van der Waals surface area contributed by atoms with Gasteiger partial charge in [0.1, 0.15) is 5.69 Å². The molecule has 0 fully saturated rings. The summed E-state index contributed by atoms with van der Waals surface area (Å²) in [6.07, 6.45) is 0. The molecule has 3 heterocycles. The summed E-state index contributed by atoms with van der Waals surface area (Å²) in [5.74, 6) is 0. The third kappa shape index (κ3) is 4.67. The monoisotopic (exact) mass is 424 g/mol. The molecule has 0 amide bonds. The molecular weight excluding hydrogens is 400 g/mol. The van der Waals surface area contributed by atoms with Gasteiger partial charge in [0.15, 0.2) is 0 Å². The smallest absolute Gasteiger partial charge is 0.244 e. The van der Waals surface area contributed by atoms with E-state index in [2.05, 4.69) is 10.2 Å². The second-order valence-electron chi connectivity index (χ2n) is 6.69. The lowest BCUT2D eigenvalue weighted by atomic mass is 10.3. The van der Waals surface area contributed by atoms with E-state index in [1.165, 1.54) is 11.3 Å². The van der Waals surface area contributed by atoms with Gasteiger partial charge in [-0.3, -0.25) is 5.10 Å². The number of likely N-dealkylation sites (N-methyl/N-ethyl adjacent to an activating group) is 1. The van der Waals surface area contributed by atoms with Crippen molar-refractivity contribution < 1.29 is 8.42 Å². The van der Waals surface area contributed by atoms with Gasteiger partial charge in [0.2, 0.25) is 10.0 Å². The van der Waals surface area contributed by atoms with E-state index >= 15 is 0 Å². The van der Waals surface area contributed by atoms with Crippen LogP contribution in [0.25, 0.3) is 10.6 Å². The Labute approximate surface area is 168 Å². The Balaban J connectivity index is 1.94. The number of aryl methyl sites for hydroxylation is 2. The first-order valence-electron chi connectivity index (χ1n) is 8.57. The van der Waals surface area contributed by atoms with Crippen LogP contribution < -0.4 is 0 Å². The molecular formula is C18H24N4O2S3. The molecule has 146 valence electrons. The van der Waals surface area contributed by atoms with Crippen LogP contribution in [-0.4, -0.2) is 55.0 Å². The Morgan fingerprint density at radius 1 is 1.19 bits per heavy atom. The van der Waals surface area contributed by atoms with Crippen LogP contribution in [-0.2, 0) is 16.6 Å². The van der Waals surface area contributed by atoms with Gasteiger partial charge < -0.3 is 4.90 Å². The van der Waals surface area contributed by atoms with Crippen LogP contribution in [0.5, 0.6) is 0 Å². The molecule has 1 N–H and O–H groups in total. The average molecular weight is 425 g/mol. The number of aromatic nitrogens is 2. The van der Waals surface area contributed by atoms with Crippen LogP contribution in [0.1, 0.15) is 15.4 Å². The van der Waals surface area contributed by atoms with Crippen molar-refractivity contribution in [3.8, 4) is 10.6 Å². The molecule has 0 spiro atoms. The zero-order valence-electron chi connectivity index (χ0n) is 15.9. The molecule has 0 radical (unpaired) electrons. The van der Waals surface area contributed by atoms with Gasteiger partial charge in [-0.05, 0) is 51.5 Å².